The number of benzene rings is 2. The average Bonchev–Trinajstić information content (AvgIpc) is 2.81. The van der Waals surface area contributed by atoms with Crippen LogP contribution in [0.1, 0.15) is 21.5 Å². The third-order valence-electron chi connectivity index (χ3n) is 5.91. The van der Waals surface area contributed by atoms with Crippen LogP contribution in [0.4, 0.5) is 0 Å². The molecular formula is C24H24ClN3O3S. The Morgan fingerprint density at radius 3 is 2.62 bits per heavy atom. The fourth-order valence-electron chi connectivity index (χ4n) is 4.25. The van der Waals surface area contributed by atoms with Gasteiger partial charge in [0.1, 0.15) is 12.4 Å². The molecular weight excluding hydrogens is 446 g/mol. The number of ether oxygens (including phenoxy) is 2. The molecule has 1 aromatic heterocycles. The van der Waals surface area contributed by atoms with E-state index in [1.165, 1.54) is 0 Å². The number of pyridine rings is 1. The molecule has 1 N–H and O–H groups in total. The second-order valence-corrected chi connectivity index (χ2v) is 8.95. The van der Waals surface area contributed by atoms with Gasteiger partial charge in [0.05, 0.1) is 35.3 Å². The quantitative estimate of drug-likeness (QED) is 0.568. The van der Waals surface area contributed by atoms with Gasteiger partial charge in [0.25, 0.3) is 5.91 Å². The molecule has 2 aliphatic heterocycles. The Hall–Kier alpha value is -2.45. The van der Waals surface area contributed by atoms with E-state index in [0.717, 1.165) is 60.6 Å². The highest BCUT2D eigenvalue weighted by atomic mass is 35.5. The Morgan fingerprint density at radius 1 is 1.06 bits per heavy atom. The minimum Gasteiger partial charge on any atom is -0.490 e. The molecule has 0 atom stereocenters. The van der Waals surface area contributed by atoms with Crippen molar-refractivity contribution < 1.29 is 14.3 Å². The molecule has 0 radical (unpaired) electrons. The fourth-order valence-corrected chi connectivity index (χ4v) is 4.68. The van der Waals surface area contributed by atoms with Gasteiger partial charge in [-0.15, -0.1) is 0 Å². The van der Waals surface area contributed by atoms with Gasteiger partial charge in [-0.05, 0) is 35.4 Å². The molecule has 1 saturated heterocycles. The molecule has 0 saturated carbocycles. The summed E-state index contributed by atoms with van der Waals surface area (Å²) >= 11 is 11.7. The Kier molecular flexibility index (Phi) is 6.15. The largest absolute Gasteiger partial charge is 0.490 e. The van der Waals surface area contributed by atoms with Crippen LogP contribution in [0, 0.1) is 4.51 Å². The molecule has 0 aliphatic carbocycles. The first-order valence-corrected chi connectivity index (χ1v) is 11.5. The van der Waals surface area contributed by atoms with E-state index in [-0.39, 0.29) is 5.91 Å². The van der Waals surface area contributed by atoms with Crippen LogP contribution >= 0.6 is 23.8 Å². The number of nitrogens with one attached hydrogen (secondary N) is 1. The number of rotatable bonds is 5. The van der Waals surface area contributed by atoms with Crippen LogP contribution in [-0.2, 0) is 24.4 Å². The summed E-state index contributed by atoms with van der Waals surface area (Å²) in [7, 11) is 0. The normalized spacial score (nSPS) is 16.0. The van der Waals surface area contributed by atoms with E-state index in [0.29, 0.717) is 34.8 Å². The molecule has 2 aromatic carbocycles. The van der Waals surface area contributed by atoms with Gasteiger partial charge in [0.15, 0.2) is 0 Å². The van der Waals surface area contributed by atoms with Crippen molar-refractivity contribution in [2.45, 2.75) is 19.6 Å². The van der Waals surface area contributed by atoms with Crippen LogP contribution in [0.25, 0.3) is 10.9 Å². The maximum atomic E-state index is 13.1. The zero-order valence-electron chi connectivity index (χ0n) is 17.6. The van der Waals surface area contributed by atoms with Crippen LogP contribution in [-0.4, -0.2) is 48.3 Å². The molecule has 0 bridgehead atoms. The van der Waals surface area contributed by atoms with Crippen LogP contribution in [0.15, 0.2) is 42.6 Å². The number of amides is 1. The van der Waals surface area contributed by atoms with E-state index in [1.807, 2.05) is 30.5 Å². The maximum Gasteiger partial charge on any atom is 0.254 e. The predicted molar refractivity (Wildman–Crippen MR) is 127 cm³/mol. The van der Waals surface area contributed by atoms with Gasteiger partial charge < -0.3 is 19.4 Å². The first-order valence-electron chi connectivity index (χ1n) is 10.7. The highest BCUT2D eigenvalue weighted by molar-refractivity contribution is 7.71. The molecule has 1 fully saturated rings. The number of halogens is 1. The van der Waals surface area contributed by atoms with E-state index in [9.17, 15) is 4.79 Å². The topological polar surface area (TPSA) is 55.7 Å². The van der Waals surface area contributed by atoms with Crippen LogP contribution < -0.4 is 10.1 Å². The van der Waals surface area contributed by atoms with Crippen molar-refractivity contribution in [2.75, 3.05) is 32.9 Å². The van der Waals surface area contributed by atoms with Crippen molar-refractivity contribution in [3.63, 3.8) is 0 Å². The second-order valence-electron chi connectivity index (χ2n) is 8.10. The number of hydrogen-bond acceptors (Lipinski definition) is 5. The van der Waals surface area contributed by atoms with E-state index >= 15 is 0 Å². The van der Waals surface area contributed by atoms with Gasteiger partial charge in [-0.1, -0.05) is 36.0 Å². The Bertz CT molecular complexity index is 1220. The minimum atomic E-state index is -0.178. The average molecular weight is 470 g/mol. The van der Waals surface area contributed by atoms with E-state index in [1.54, 1.807) is 0 Å². The Labute approximate surface area is 196 Å². The summed E-state index contributed by atoms with van der Waals surface area (Å²) in [5.74, 6) is 0.651. The first kappa shape index (κ1) is 21.4. The second kappa shape index (κ2) is 9.19. The Balaban J connectivity index is 1.47. The van der Waals surface area contributed by atoms with Crippen molar-refractivity contribution in [1.82, 2.24) is 14.8 Å². The molecule has 2 aliphatic rings. The zero-order chi connectivity index (χ0) is 22.1. The SMILES string of the molecule is O=C(NCc1ccc(Cl)cc1)c1cn2c3c(cc(CN4CCOCC4)cc3c1=S)OCC2. The van der Waals surface area contributed by atoms with Crippen molar-refractivity contribution in [2.24, 2.45) is 0 Å². The lowest BCUT2D eigenvalue weighted by atomic mass is 10.1. The lowest BCUT2D eigenvalue weighted by molar-refractivity contribution is 0.0342. The summed E-state index contributed by atoms with van der Waals surface area (Å²) in [5, 5.41) is 4.55. The lowest BCUT2D eigenvalue weighted by Gasteiger charge is -2.28. The third-order valence-corrected chi connectivity index (χ3v) is 6.60. The summed E-state index contributed by atoms with van der Waals surface area (Å²) in [5.41, 5.74) is 3.58. The summed E-state index contributed by atoms with van der Waals surface area (Å²) in [6, 6.07) is 11.6. The van der Waals surface area contributed by atoms with Crippen LogP contribution in [0.3, 0.4) is 0 Å². The molecule has 3 heterocycles. The smallest absolute Gasteiger partial charge is 0.254 e. The molecule has 1 amide bonds. The molecule has 32 heavy (non-hydrogen) atoms. The third kappa shape index (κ3) is 4.38. The van der Waals surface area contributed by atoms with E-state index in [2.05, 4.69) is 26.9 Å². The van der Waals surface area contributed by atoms with Crippen molar-refractivity contribution in [3.05, 3.63) is 68.8 Å². The summed E-state index contributed by atoms with van der Waals surface area (Å²) in [4.78, 5) is 15.4. The predicted octanol–water partition coefficient (Wildman–Crippen LogP) is 4.18. The van der Waals surface area contributed by atoms with Gasteiger partial charge in [-0.3, -0.25) is 9.69 Å². The van der Waals surface area contributed by atoms with Crippen LogP contribution in [0.5, 0.6) is 5.75 Å². The number of carbonyl (C=O) groups is 1. The lowest BCUT2D eigenvalue weighted by Crippen LogP contribution is -2.35. The number of aromatic nitrogens is 1. The number of morpholine rings is 1. The Morgan fingerprint density at radius 2 is 1.84 bits per heavy atom. The minimum absolute atomic E-state index is 0.178. The summed E-state index contributed by atoms with van der Waals surface area (Å²) in [6.45, 7) is 5.77. The summed E-state index contributed by atoms with van der Waals surface area (Å²) < 4.78 is 14.1. The molecule has 0 unspecified atom stereocenters. The summed E-state index contributed by atoms with van der Waals surface area (Å²) in [6.07, 6.45) is 1.86. The molecule has 0 spiro atoms. The maximum absolute atomic E-state index is 13.1. The fraction of sp³-hybridized carbons (Fsp3) is 0.333. The molecule has 166 valence electrons. The van der Waals surface area contributed by atoms with E-state index in [4.69, 9.17) is 33.3 Å². The van der Waals surface area contributed by atoms with Crippen molar-refractivity contribution >= 4 is 40.6 Å². The number of carbonyl (C=O) groups excluding carboxylic acids is 1. The zero-order valence-corrected chi connectivity index (χ0v) is 19.2. The van der Waals surface area contributed by atoms with Gasteiger partial charge >= 0.3 is 0 Å². The van der Waals surface area contributed by atoms with Gasteiger partial charge in [0.2, 0.25) is 0 Å². The van der Waals surface area contributed by atoms with E-state index < -0.39 is 0 Å². The van der Waals surface area contributed by atoms with Gasteiger partial charge in [0, 0.05) is 42.8 Å². The highest BCUT2D eigenvalue weighted by Crippen LogP contribution is 2.33. The highest BCUT2D eigenvalue weighted by Gasteiger charge is 2.20. The molecule has 5 rings (SSSR count). The van der Waals surface area contributed by atoms with Gasteiger partial charge in [-0.25, -0.2) is 0 Å². The van der Waals surface area contributed by atoms with Gasteiger partial charge in [-0.2, -0.15) is 0 Å². The standard InChI is InChI=1S/C24H24ClN3O3S/c25-18-3-1-16(2-4-18)13-26-24(29)20-15-28-7-10-31-21-12-17(11-19(22(21)28)23(20)32)14-27-5-8-30-9-6-27/h1-4,11-12,15H,5-10,13-14H2,(H,26,29). The van der Waals surface area contributed by atoms with Crippen LogP contribution in [0.2, 0.25) is 5.02 Å². The number of nitrogens with zero attached hydrogens (tertiary/aromatic N) is 2. The number of hydrogen-bond donors (Lipinski definition) is 1. The van der Waals surface area contributed by atoms with Crippen molar-refractivity contribution in [1.29, 1.82) is 0 Å². The monoisotopic (exact) mass is 469 g/mol. The molecule has 6 nitrogen and oxygen atoms in total. The molecule has 3 aromatic rings. The molecule has 8 heteroatoms. The first-order chi connectivity index (χ1) is 15.6. The van der Waals surface area contributed by atoms with Crippen molar-refractivity contribution in [3.8, 4) is 5.75 Å².